The number of hydrogen-bond donors (Lipinski definition) is 2. The molecule has 88 valence electrons. The second-order valence-corrected chi connectivity index (χ2v) is 4.55. The molecule has 0 heterocycles. The van der Waals surface area contributed by atoms with E-state index in [9.17, 15) is 4.79 Å². The summed E-state index contributed by atoms with van der Waals surface area (Å²) < 4.78 is 0.899. The van der Waals surface area contributed by atoms with E-state index in [2.05, 4.69) is 26.6 Å². The minimum atomic E-state index is 0.0556. The fourth-order valence-electron chi connectivity index (χ4n) is 1.23. The highest BCUT2D eigenvalue weighted by molar-refractivity contribution is 9.10. The molecule has 16 heavy (non-hydrogen) atoms. The van der Waals surface area contributed by atoms with Crippen molar-refractivity contribution in [3.05, 3.63) is 27.7 Å². The normalized spacial score (nSPS) is 9.94. The molecule has 2 N–H and O–H groups in total. The highest BCUT2D eigenvalue weighted by Crippen LogP contribution is 2.25. The largest absolute Gasteiger partial charge is 0.384 e. The van der Waals surface area contributed by atoms with E-state index in [1.165, 1.54) is 0 Å². The smallest absolute Gasteiger partial charge is 0.221 e. The standard InChI is InChI=1S/C11H14BrClN2O/c1-2-14-11(16)5-6-15-10-4-3-8(13)7-9(10)12/h3-4,7,15H,2,5-6H2,1H3,(H,14,16). The lowest BCUT2D eigenvalue weighted by Gasteiger charge is -2.08. The highest BCUT2D eigenvalue weighted by Gasteiger charge is 2.02. The zero-order valence-electron chi connectivity index (χ0n) is 9.02. The van der Waals surface area contributed by atoms with Crippen molar-refractivity contribution < 1.29 is 4.79 Å². The Bertz CT molecular complexity index is 371. The SMILES string of the molecule is CCNC(=O)CCNc1ccc(Cl)cc1Br. The molecule has 0 aliphatic heterocycles. The molecule has 0 saturated carbocycles. The number of benzene rings is 1. The van der Waals surface area contributed by atoms with E-state index < -0.39 is 0 Å². The van der Waals surface area contributed by atoms with Crippen LogP contribution in [0.1, 0.15) is 13.3 Å². The number of carbonyl (C=O) groups excluding carboxylic acids is 1. The van der Waals surface area contributed by atoms with Gasteiger partial charge < -0.3 is 10.6 Å². The van der Waals surface area contributed by atoms with E-state index in [0.717, 1.165) is 10.2 Å². The van der Waals surface area contributed by atoms with E-state index in [4.69, 9.17) is 11.6 Å². The number of nitrogens with one attached hydrogen (secondary N) is 2. The molecule has 3 nitrogen and oxygen atoms in total. The molecule has 0 aliphatic rings. The quantitative estimate of drug-likeness (QED) is 0.878. The van der Waals surface area contributed by atoms with E-state index in [0.29, 0.717) is 24.5 Å². The van der Waals surface area contributed by atoms with Gasteiger partial charge in [-0.15, -0.1) is 0 Å². The van der Waals surface area contributed by atoms with Gasteiger partial charge in [-0.1, -0.05) is 11.6 Å². The average molecular weight is 306 g/mol. The fourth-order valence-corrected chi connectivity index (χ4v) is 2.05. The Labute approximate surface area is 109 Å². The van der Waals surface area contributed by atoms with Crippen molar-refractivity contribution in [2.75, 3.05) is 18.4 Å². The van der Waals surface area contributed by atoms with Gasteiger partial charge in [-0.05, 0) is 41.1 Å². The van der Waals surface area contributed by atoms with Crippen molar-refractivity contribution in [3.63, 3.8) is 0 Å². The summed E-state index contributed by atoms with van der Waals surface area (Å²) in [5.74, 6) is 0.0556. The molecule has 1 aromatic rings. The molecular formula is C11H14BrClN2O. The lowest BCUT2D eigenvalue weighted by atomic mass is 10.3. The first kappa shape index (κ1) is 13.3. The summed E-state index contributed by atoms with van der Waals surface area (Å²) in [5, 5.41) is 6.59. The van der Waals surface area contributed by atoms with Crippen LogP contribution in [0.15, 0.2) is 22.7 Å². The van der Waals surface area contributed by atoms with Crippen LogP contribution >= 0.6 is 27.5 Å². The van der Waals surface area contributed by atoms with Crippen LogP contribution in [0.2, 0.25) is 5.02 Å². The van der Waals surface area contributed by atoms with Crippen LogP contribution in [0, 0.1) is 0 Å². The minimum absolute atomic E-state index is 0.0556. The van der Waals surface area contributed by atoms with Gasteiger partial charge in [-0.3, -0.25) is 4.79 Å². The van der Waals surface area contributed by atoms with Crippen molar-refractivity contribution >= 4 is 39.1 Å². The Kier molecular flexibility index (Phi) is 5.63. The number of halogens is 2. The molecule has 0 aliphatic carbocycles. The van der Waals surface area contributed by atoms with Crippen molar-refractivity contribution in [1.29, 1.82) is 0 Å². The number of amides is 1. The van der Waals surface area contributed by atoms with E-state index >= 15 is 0 Å². The maximum absolute atomic E-state index is 11.2. The van der Waals surface area contributed by atoms with Crippen LogP contribution in [-0.2, 0) is 4.79 Å². The number of hydrogen-bond acceptors (Lipinski definition) is 2. The third-order valence-electron chi connectivity index (χ3n) is 1.97. The predicted octanol–water partition coefficient (Wildman–Crippen LogP) is 3.04. The first-order valence-corrected chi connectivity index (χ1v) is 6.26. The van der Waals surface area contributed by atoms with Crippen LogP contribution in [0.25, 0.3) is 0 Å². The zero-order valence-corrected chi connectivity index (χ0v) is 11.4. The van der Waals surface area contributed by atoms with Gasteiger partial charge in [0.05, 0.1) is 0 Å². The topological polar surface area (TPSA) is 41.1 Å². The van der Waals surface area contributed by atoms with Gasteiger partial charge in [0.25, 0.3) is 0 Å². The molecule has 0 atom stereocenters. The second kappa shape index (κ2) is 6.76. The summed E-state index contributed by atoms with van der Waals surface area (Å²) in [7, 11) is 0. The van der Waals surface area contributed by atoms with E-state index in [-0.39, 0.29) is 5.91 Å². The number of rotatable bonds is 5. The Morgan fingerprint density at radius 2 is 2.25 bits per heavy atom. The maximum Gasteiger partial charge on any atom is 0.221 e. The van der Waals surface area contributed by atoms with Gasteiger partial charge in [0.15, 0.2) is 0 Å². The lowest BCUT2D eigenvalue weighted by molar-refractivity contribution is -0.120. The molecule has 0 unspecified atom stereocenters. The molecule has 0 spiro atoms. The Morgan fingerprint density at radius 1 is 1.50 bits per heavy atom. The molecule has 1 rings (SSSR count). The lowest BCUT2D eigenvalue weighted by Crippen LogP contribution is -2.24. The monoisotopic (exact) mass is 304 g/mol. The maximum atomic E-state index is 11.2. The van der Waals surface area contributed by atoms with Crippen LogP contribution in [-0.4, -0.2) is 19.0 Å². The molecule has 1 amide bonds. The highest BCUT2D eigenvalue weighted by atomic mass is 79.9. The van der Waals surface area contributed by atoms with Crippen molar-refractivity contribution in [3.8, 4) is 0 Å². The molecular weight excluding hydrogens is 291 g/mol. The summed E-state index contributed by atoms with van der Waals surface area (Å²) >= 11 is 9.22. The molecule has 5 heteroatoms. The molecule has 0 fully saturated rings. The summed E-state index contributed by atoms with van der Waals surface area (Å²) in [6.07, 6.45) is 0.461. The Morgan fingerprint density at radius 3 is 2.88 bits per heavy atom. The summed E-state index contributed by atoms with van der Waals surface area (Å²) in [5.41, 5.74) is 0.939. The average Bonchev–Trinajstić information content (AvgIpc) is 2.22. The van der Waals surface area contributed by atoms with Crippen molar-refractivity contribution in [2.45, 2.75) is 13.3 Å². The van der Waals surface area contributed by atoms with Crippen molar-refractivity contribution in [1.82, 2.24) is 5.32 Å². The fraction of sp³-hybridized carbons (Fsp3) is 0.364. The summed E-state index contributed by atoms with van der Waals surface area (Å²) in [6.45, 7) is 3.18. The second-order valence-electron chi connectivity index (χ2n) is 3.25. The number of anilines is 1. The minimum Gasteiger partial charge on any atom is -0.384 e. The van der Waals surface area contributed by atoms with Gasteiger partial charge >= 0.3 is 0 Å². The molecule has 0 aromatic heterocycles. The van der Waals surface area contributed by atoms with E-state index in [1.54, 1.807) is 6.07 Å². The third-order valence-corrected chi connectivity index (χ3v) is 2.86. The van der Waals surface area contributed by atoms with Crippen LogP contribution in [0.3, 0.4) is 0 Å². The van der Waals surface area contributed by atoms with Crippen molar-refractivity contribution in [2.24, 2.45) is 0 Å². The van der Waals surface area contributed by atoms with Gasteiger partial charge in [0, 0.05) is 34.7 Å². The van der Waals surface area contributed by atoms with Gasteiger partial charge in [0.2, 0.25) is 5.91 Å². The Hall–Kier alpha value is -0.740. The first-order chi connectivity index (χ1) is 7.63. The third kappa shape index (κ3) is 4.41. The summed E-state index contributed by atoms with van der Waals surface area (Å²) in [4.78, 5) is 11.2. The van der Waals surface area contributed by atoms with Crippen LogP contribution < -0.4 is 10.6 Å². The van der Waals surface area contributed by atoms with E-state index in [1.807, 2.05) is 19.1 Å². The summed E-state index contributed by atoms with van der Waals surface area (Å²) in [6, 6.07) is 5.50. The predicted molar refractivity (Wildman–Crippen MR) is 70.9 cm³/mol. The van der Waals surface area contributed by atoms with Gasteiger partial charge in [0.1, 0.15) is 0 Å². The number of carbonyl (C=O) groups is 1. The Balaban J connectivity index is 2.40. The molecule has 0 radical (unpaired) electrons. The van der Waals surface area contributed by atoms with Gasteiger partial charge in [-0.2, -0.15) is 0 Å². The molecule has 0 bridgehead atoms. The first-order valence-electron chi connectivity index (χ1n) is 5.09. The van der Waals surface area contributed by atoms with Crippen LogP contribution in [0.5, 0.6) is 0 Å². The zero-order chi connectivity index (χ0) is 12.0. The molecule has 0 saturated heterocycles. The molecule has 1 aromatic carbocycles. The van der Waals surface area contributed by atoms with Gasteiger partial charge in [-0.25, -0.2) is 0 Å². The van der Waals surface area contributed by atoms with Crippen LogP contribution in [0.4, 0.5) is 5.69 Å².